The molecule has 14 heavy (non-hydrogen) atoms. The second kappa shape index (κ2) is 8.47. The van der Waals surface area contributed by atoms with Crippen molar-refractivity contribution in [3.05, 3.63) is 0 Å². The number of hydrogen-bond acceptors (Lipinski definition) is 3. The summed E-state index contributed by atoms with van der Waals surface area (Å²) in [5.74, 6) is 0.432. The van der Waals surface area contributed by atoms with Crippen molar-refractivity contribution < 1.29 is 8.42 Å². The van der Waals surface area contributed by atoms with E-state index >= 15 is 0 Å². The van der Waals surface area contributed by atoms with Gasteiger partial charge in [0.15, 0.2) is 0 Å². The van der Waals surface area contributed by atoms with E-state index in [1.54, 1.807) is 0 Å². The van der Waals surface area contributed by atoms with E-state index in [0.717, 1.165) is 12.8 Å². The fourth-order valence-corrected chi connectivity index (χ4v) is 2.69. The highest BCUT2D eigenvalue weighted by Crippen LogP contribution is 2.07. The van der Waals surface area contributed by atoms with Gasteiger partial charge in [-0.2, -0.15) is 0 Å². The van der Waals surface area contributed by atoms with E-state index in [1.165, 1.54) is 0 Å². The lowest BCUT2D eigenvalue weighted by molar-refractivity contribution is 0.537. The monoisotopic (exact) mass is 244 g/mol. The van der Waals surface area contributed by atoms with Crippen molar-refractivity contribution in [2.75, 3.05) is 18.8 Å². The Hall–Kier alpha value is 0.160. The fourth-order valence-electron chi connectivity index (χ4n) is 1.22. The van der Waals surface area contributed by atoms with Gasteiger partial charge < -0.3 is 5.73 Å². The third-order valence-corrected chi connectivity index (χ3v) is 3.40. The second-order valence-corrected chi connectivity index (χ2v) is 5.21. The molecule has 0 heterocycles. The number of nitrogens with two attached hydrogens (primary N) is 1. The Labute approximate surface area is 93.1 Å². The summed E-state index contributed by atoms with van der Waals surface area (Å²) in [4.78, 5) is 0. The summed E-state index contributed by atoms with van der Waals surface area (Å²) in [5, 5.41) is 0. The molecular formula is C8H21ClN2O2S. The summed E-state index contributed by atoms with van der Waals surface area (Å²) in [5.41, 5.74) is 5.20. The maximum atomic E-state index is 11.3. The third-order valence-electron chi connectivity index (χ3n) is 1.75. The maximum Gasteiger partial charge on any atom is 0.211 e. The molecule has 0 radical (unpaired) electrons. The van der Waals surface area contributed by atoms with Crippen molar-refractivity contribution in [3.8, 4) is 0 Å². The topological polar surface area (TPSA) is 72.2 Å². The van der Waals surface area contributed by atoms with Gasteiger partial charge in [0.05, 0.1) is 5.75 Å². The summed E-state index contributed by atoms with van der Waals surface area (Å²) in [7, 11) is -3.10. The van der Waals surface area contributed by atoms with E-state index < -0.39 is 10.0 Å². The highest BCUT2D eigenvalue weighted by atomic mass is 35.5. The van der Waals surface area contributed by atoms with E-state index in [0.29, 0.717) is 13.1 Å². The molecule has 0 bridgehead atoms. The number of rotatable bonds is 7. The smallest absolute Gasteiger partial charge is 0.211 e. The molecule has 0 fully saturated rings. The van der Waals surface area contributed by atoms with Gasteiger partial charge >= 0.3 is 0 Å². The molecule has 0 aromatic carbocycles. The van der Waals surface area contributed by atoms with Crippen LogP contribution in [0.5, 0.6) is 0 Å². The molecule has 1 unspecified atom stereocenters. The minimum Gasteiger partial charge on any atom is -0.329 e. The van der Waals surface area contributed by atoms with Gasteiger partial charge in [0.2, 0.25) is 10.0 Å². The van der Waals surface area contributed by atoms with Gasteiger partial charge in [-0.1, -0.05) is 20.3 Å². The third kappa shape index (κ3) is 8.74. The Morgan fingerprint density at radius 1 is 1.43 bits per heavy atom. The lowest BCUT2D eigenvalue weighted by atomic mass is 10.1. The van der Waals surface area contributed by atoms with Crippen LogP contribution in [0.15, 0.2) is 0 Å². The van der Waals surface area contributed by atoms with Crippen molar-refractivity contribution in [1.82, 2.24) is 4.72 Å². The average Bonchev–Trinajstić information content (AvgIpc) is 2.00. The number of hydrogen-bond donors (Lipinski definition) is 2. The second-order valence-electron chi connectivity index (χ2n) is 3.36. The predicted molar refractivity (Wildman–Crippen MR) is 62.2 cm³/mol. The molecule has 6 heteroatoms. The Kier molecular flexibility index (Phi) is 10.0. The number of halogens is 1. The van der Waals surface area contributed by atoms with E-state index in [2.05, 4.69) is 11.6 Å². The van der Waals surface area contributed by atoms with Crippen molar-refractivity contribution in [1.29, 1.82) is 0 Å². The summed E-state index contributed by atoms with van der Waals surface area (Å²) in [6.45, 7) is 4.68. The Morgan fingerprint density at radius 2 is 2.00 bits per heavy atom. The molecule has 4 nitrogen and oxygen atoms in total. The molecule has 0 aliphatic carbocycles. The zero-order valence-corrected chi connectivity index (χ0v) is 10.5. The molecule has 88 valence electrons. The molecule has 0 aromatic heterocycles. The zero-order valence-electron chi connectivity index (χ0n) is 8.82. The van der Waals surface area contributed by atoms with Gasteiger partial charge in [-0.05, 0) is 12.3 Å². The van der Waals surface area contributed by atoms with Crippen LogP contribution in [0.2, 0.25) is 0 Å². The van der Waals surface area contributed by atoms with Crippen LogP contribution in [0.3, 0.4) is 0 Å². The molecule has 0 aliphatic heterocycles. The number of sulfonamides is 1. The van der Waals surface area contributed by atoms with Crippen LogP contribution in [0.25, 0.3) is 0 Å². The summed E-state index contributed by atoms with van der Waals surface area (Å²) in [6, 6.07) is 0. The predicted octanol–water partition coefficient (Wildman–Crippen LogP) is 0.722. The average molecular weight is 245 g/mol. The Bertz CT molecular complexity index is 219. The molecule has 0 amide bonds. The minimum absolute atomic E-state index is 0. The normalized spacial score (nSPS) is 13.4. The lowest BCUT2D eigenvalue weighted by Gasteiger charge is -2.10. The highest BCUT2D eigenvalue weighted by molar-refractivity contribution is 7.89. The van der Waals surface area contributed by atoms with Crippen molar-refractivity contribution in [2.45, 2.75) is 26.7 Å². The van der Waals surface area contributed by atoms with Gasteiger partial charge in [0.1, 0.15) is 0 Å². The lowest BCUT2D eigenvalue weighted by Crippen LogP contribution is -2.33. The fraction of sp³-hybridized carbons (Fsp3) is 1.00. The van der Waals surface area contributed by atoms with E-state index in [9.17, 15) is 8.42 Å². The van der Waals surface area contributed by atoms with Gasteiger partial charge in [-0.25, -0.2) is 13.1 Å². The first-order chi connectivity index (χ1) is 6.02. The Balaban J connectivity index is 0. The van der Waals surface area contributed by atoms with Crippen molar-refractivity contribution in [3.63, 3.8) is 0 Å². The molecular weight excluding hydrogens is 224 g/mol. The molecule has 0 rings (SSSR count). The van der Waals surface area contributed by atoms with E-state index in [1.807, 2.05) is 6.92 Å². The van der Waals surface area contributed by atoms with Crippen LogP contribution >= 0.6 is 12.4 Å². The largest absolute Gasteiger partial charge is 0.329 e. The molecule has 0 saturated carbocycles. The van der Waals surface area contributed by atoms with Crippen molar-refractivity contribution >= 4 is 22.4 Å². The molecule has 0 aromatic rings. The minimum atomic E-state index is -3.10. The van der Waals surface area contributed by atoms with Gasteiger partial charge in [0, 0.05) is 13.1 Å². The first-order valence-electron chi connectivity index (χ1n) is 4.69. The van der Waals surface area contributed by atoms with Gasteiger partial charge in [-0.15, -0.1) is 12.4 Å². The van der Waals surface area contributed by atoms with Crippen LogP contribution in [0, 0.1) is 5.92 Å². The summed E-state index contributed by atoms with van der Waals surface area (Å²) >= 11 is 0. The van der Waals surface area contributed by atoms with Gasteiger partial charge in [-0.3, -0.25) is 0 Å². The van der Waals surface area contributed by atoms with Crippen molar-refractivity contribution in [2.24, 2.45) is 11.7 Å². The molecule has 0 saturated heterocycles. The first-order valence-corrected chi connectivity index (χ1v) is 6.34. The first kappa shape index (κ1) is 16.6. The zero-order chi connectivity index (χ0) is 10.3. The van der Waals surface area contributed by atoms with Crippen LogP contribution in [0.1, 0.15) is 26.7 Å². The quantitative estimate of drug-likeness (QED) is 0.693. The van der Waals surface area contributed by atoms with Gasteiger partial charge in [0.25, 0.3) is 0 Å². The van der Waals surface area contributed by atoms with Crippen LogP contribution < -0.4 is 10.5 Å². The molecule has 0 spiro atoms. The highest BCUT2D eigenvalue weighted by Gasteiger charge is 2.13. The van der Waals surface area contributed by atoms with Crippen LogP contribution in [-0.4, -0.2) is 27.3 Å². The maximum absolute atomic E-state index is 11.3. The van der Waals surface area contributed by atoms with E-state index in [-0.39, 0.29) is 24.1 Å². The molecule has 3 N–H and O–H groups in total. The molecule has 1 atom stereocenters. The summed E-state index contributed by atoms with van der Waals surface area (Å²) < 4.78 is 25.1. The standard InChI is InChI=1S/C8H20N2O2S.ClH/c1-3-4-8(2)7-13(11,12)10-6-5-9;/h8,10H,3-7,9H2,1-2H3;1H. The molecule has 0 aliphatic rings. The number of nitrogens with one attached hydrogen (secondary N) is 1. The van der Waals surface area contributed by atoms with Crippen LogP contribution in [-0.2, 0) is 10.0 Å². The van der Waals surface area contributed by atoms with Crippen LogP contribution in [0.4, 0.5) is 0 Å². The SMILES string of the molecule is CCCC(C)CS(=O)(=O)NCCN.Cl. The summed E-state index contributed by atoms with van der Waals surface area (Å²) in [6.07, 6.45) is 1.97. The Morgan fingerprint density at radius 3 is 2.43 bits per heavy atom. The van der Waals surface area contributed by atoms with E-state index in [4.69, 9.17) is 5.73 Å².